The zero-order valence-corrected chi connectivity index (χ0v) is 7.87. The molecule has 0 aliphatic heterocycles. The molecule has 0 saturated heterocycles. The highest BCUT2D eigenvalue weighted by Gasteiger charge is 2.72. The Balaban J connectivity index is 5.50. The minimum absolute atomic E-state index is 0.107. The molecule has 0 fully saturated rings. The SMILES string of the molecule is CCC(O)(C(F)(F)F)C(C)(O)C(F)(F)F. The Morgan fingerprint density at radius 1 is 0.867 bits per heavy atom. The maximum absolute atomic E-state index is 12.2. The van der Waals surface area contributed by atoms with E-state index in [1.54, 1.807) is 0 Å². The van der Waals surface area contributed by atoms with Crippen LogP contribution in [0.15, 0.2) is 0 Å². The fourth-order valence-corrected chi connectivity index (χ4v) is 1.06. The van der Waals surface area contributed by atoms with Crippen molar-refractivity contribution in [1.29, 1.82) is 0 Å². The van der Waals surface area contributed by atoms with Gasteiger partial charge in [-0.15, -0.1) is 0 Å². The molecule has 0 spiro atoms. The second-order valence-corrected chi connectivity index (χ2v) is 3.28. The summed E-state index contributed by atoms with van der Waals surface area (Å²) in [5.74, 6) is 0. The van der Waals surface area contributed by atoms with Crippen LogP contribution < -0.4 is 0 Å². The topological polar surface area (TPSA) is 40.5 Å². The van der Waals surface area contributed by atoms with Crippen LogP contribution in [0.5, 0.6) is 0 Å². The summed E-state index contributed by atoms with van der Waals surface area (Å²) in [6.07, 6.45) is -12.4. The van der Waals surface area contributed by atoms with Crippen LogP contribution in [0.25, 0.3) is 0 Å². The lowest BCUT2D eigenvalue weighted by Gasteiger charge is -2.42. The van der Waals surface area contributed by atoms with Gasteiger partial charge in [-0.3, -0.25) is 0 Å². The van der Waals surface area contributed by atoms with Crippen LogP contribution in [0.2, 0.25) is 0 Å². The quantitative estimate of drug-likeness (QED) is 0.725. The lowest BCUT2D eigenvalue weighted by molar-refractivity contribution is -0.380. The average Bonchev–Trinajstić information content (AvgIpc) is 1.98. The second kappa shape index (κ2) is 3.51. The maximum atomic E-state index is 12.2. The molecule has 2 unspecified atom stereocenters. The van der Waals surface area contributed by atoms with Gasteiger partial charge in [0.25, 0.3) is 0 Å². The van der Waals surface area contributed by atoms with E-state index < -0.39 is 30.0 Å². The van der Waals surface area contributed by atoms with E-state index in [1.165, 1.54) is 0 Å². The largest absolute Gasteiger partial charge is 0.420 e. The summed E-state index contributed by atoms with van der Waals surface area (Å²) in [5, 5.41) is 17.7. The molecule has 0 radical (unpaired) electrons. The predicted octanol–water partition coefficient (Wildman–Crippen LogP) is 2.00. The van der Waals surface area contributed by atoms with Gasteiger partial charge in [-0.05, 0) is 13.3 Å². The van der Waals surface area contributed by atoms with E-state index in [2.05, 4.69) is 0 Å². The van der Waals surface area contributed by atoms with Crippen LogP contribution in [0.1, 0.15) is 20.3 Å². The molecule has 0 rings (SSSR count). The van der Waals surface area contributed by atoms with E-state index in [0.717, 1.165) is 0 Å². The van der Waals surface area contributed by atoms with Crippen LogP contribution in [-0.4, -0.2) is 33.8 Å². The van der Waals surface area contributed by atoms with Crippen LogP contribution >= 0.6 is 0 Å². The summed E-state index contributed by atoms with van der Waals surface area (Å²) in [7, 11) is 0. The normalized spacial score (nSPS) is 22.0. The van der Waals surface area contributed by atoms with Gasteiger partial charge in [0.2, 0.25) is 0 Å². The lowest BCUT2D eigenvalue weighted by atomic mass is 9.81. The van der Waals surface area contributed by atoms with Crippen LogP contribution in [0.3, 0.4) is 0 Å². The van der Waals surface area contributed by atoms with Crippen molar-refractivity contribution in [3.05, 3.63) is 0 Å². The minimum Gasteiger partial charge on any atom is -0.378 e. The highest BCUT2D eigenvalue weighted by molar-refractivity contribution is 5.05. The Hall–Kier alpha value is -0.500. The smallest absolute Gasteiger partial charge is 0.378 e. The fourth-order valence-electron chi connectivity index (χ4n) is 1.06. The van der Waals surface area contributed by atoms with E-state index in [-0.39, 0.29) is 6.92 Å². The monoisotopic (exact) mass is 240 g/mol. The van der Waals surface area contributed by atoms with Crippen LogP contribution in [-0.2, 0) is 0 Å². The summed E-state index contributed by atoms with van der Waals surface area (Å²) in [4.78, 5) is 0. The molecule has 0 amide bonds. The lowest BCUT2D eigenvalue weighted by Crippen LogP contribution is -2.67. The van der Waals surface area contributed by atoms with Gasteiger partial charge in [0.05, 0.1) is 0 Å². The number of aliphatic hydroxyl groups is 2. The van der Waals surface area contributed by atoms with Crippen LogP contribution in [0, 0.1) is 0 Å². The highest BCUT2D eigenvalue weighted by atomic mass is 19.4. The van der Waals surface area contributed by atoms with Gasteiger partial charge in [0, 0.05) is 0 Å². The van der Waals surface area contributed by atoms with E-state index >= 15 is 0 Å². The van der Waals surface area contributed by atoms with Gasteiger partial charge >= 0.3 is 12.4 Å². The Kier molecular flexibility index (Phi) is 3.40. The summed E-state index contributed by atoms with van der Waals surface area (Å²) < 4.78 is 73.1. The van der Waals surface area contributed by atoms with Gasteiger partial charge in [-0.25, -0.2) is 0 Å². The summed E-state index contributed by atoms with van der Waals surface area (Å²) >= 11 is 0. The standard InChI is InChI=1S/C7H10F6O2/c1-3-5(15,7(11,12)13)4(2,14)6(8,9)10/h14-15H,3H2,1-2H3. The van der Waals surface area contributed by atoms with E-state index in [0.29, 0.717) is 6.92 Å². The minimum atomic E-state index is -5.58. The molecule has 0 bridgehead atoms. The zero-order chi connectivity index (χ0) is 12.7. The van der Waals surface area contributed by atoms with E-state index in [9.17, 15) is 26.3 Å². The van der Waals surface area contributed by atoms with Crippen LogP contribution in [0.4, 0.5) is 26.3 Å². The Bertz CT molecular complexity index is 231. The van der Waals surface area contributed by atoms with Gasteiger partial charge in [0.1, 0.15) is 0 Å². The molecule has 0 aliphatic rings. The molecule has 0 aromatic rings. The van der Waals surface area contributed by atoms with Crippen molar-refractivity contribution >= 4 is 0 Å². The van der Waals surface area contributed by atoms with Gasteiger partial charge in [-0.2, -0.15) is 26.3 Å². The van der Waals surface area contributed by atoms with Crippen molar-refractivity contribution in [1.82, 2.24) is 0 Å². The first-order valence-corrected chi connectivity index (χ1v) is 3.89. The van der Waals surface area contributed by atoms with Crippen molar-refractivity contribution in [2.75, 3.05) is 0 Å². The van der Waals surface area contributed by atoms with Gasteiger partial charge in [-0.1, -0.05) is 6.92 Å². The third-order valence-corrected chi connectivity index (χ3v) is 2.34. The molecule has 0 saturated carbocycles. The number of halogens is 6. The van der Waals surface area contributed by atoms with Crippen molar-refractivity contribution in [2.24, 2.45) is 0 Å². The number of hydrogen-bond acceptors (Lipinski definition) is 2. The molecule has 0 aromatic heterocycles. The van der Waals surface area contributed by atoms with Gasteiger partial charge in [0.15, 0.2) is 11.2 Å². The van der Waals surface area contributed by atoms with E-state index in [1.807, 2.05) is 0 Å². The maximum Gasteiger partial charge on any atom is 0.420 e. The second-order valence-electron chi connectivity index (χ2n) is 3.28. The number of hydrogen-bond donors (Lipinski definition) is 2. The fraction of sp³-hybridized carbons (Fsp3) is 1.00. The molecular formula is C7H10F6O2. The first-order valence-electron chi connectivity index (χ1n) is 3.89. The molecule has 8 heteroatoms. The summed E-state index contributed by atoms with van der Waals surface area (Å²) in [6, 6.07) is 0. The first kappa shape index (κ1) is 14.5. The van der Waals surface area contributed by atoms with E-state index in [4.69, 9.17) is 10.2 Å². The summed E-state index contributed by atoms with van der Waals surface area (Å²) in [5.41, 5.74) is -8.45. The number of alkyl halides is 6. The molecule has 2 N–H and O–H groups in total. The van der Waals surface area contributed by atoms with Crippen molar-refractivity contribution < 1.29 is 36.6 Å². The Morgan fingerprint density at radius 3 is 1.27 bits per heavy atom. The molecule has 0 aliphatic carbocycles. The Morgan fingerprint density at radius 2 is 1.20 bits per heavy atom. The molecule has 0 heterocycles. The molecular weight excluding hydrogens is 230 g/mol. The first-order chi connectivity index (χ1) is 6.31. The molecule has 92 valence electrons. The van der Waals surface area contributed by atoms with Crippen molar-refractivity contribution in [2.45, 2.75) is 43.8 Å². The zero-order valence-electron chi connectivity index (χ0n) is 7.87. The third kappa shape index (κ3) is 2.05. The molecule has 0 aromatic carbocycles. The number of rotatable bonds is 2. The molecule has 2 atom stereocenters. The average molecular weight is 240 g/mol. The molecule has 2 nitrogen and oxygen atoms in total. The highest BCUT2D eigenvalue weighted by Crippen LogP contribution is 2.48. The predicted molar refractivity (Wildman–Crippen MR) is 38.0 cm³/mol. The van der Waals surface area contributed by atoms with Gasteiger partial charge < -0.3 is 10.2 Å². The third-order valence-electron chi connectivity index (χ3n) is 2.34. The van der Waals surface area contributed by atoms with Crippen molar-refractivity contribution in [3.63, 3.8) is 0 Å². The van der Waals surface area contributed by atoms with Crippen molar-refractivity contribution in [3.8, 4) is 0 Å². The Labute approximate surface area is 81.5 Å². The summed E-state index contributed by atoms with van der Waals surface area (Å²) in [6.45, 7) is 0.595. The molecule has 15 heavy (non-hydrogen) atoms.